The lowest BCUT2D eigenvalue weighted by molar-refractivity contribution is -0.141. The highest BCUT2D eigenvalue weighted by Crippen LogP contribution is 2.29. The lowest BCUT2D eigenvalue weighted by atomic mass is 10.1. The number of alkyl halides is 3. The molecule has 0 spiro atoms. The van der Waals surface area contributed by atoms with Crippen LogP contribution in [0.25, 0.3) is 11.0 Å². The number of aromatic nitrogens is 3. The monoisotopic (exact) mass is 456 g/mol. The van der Waals surface area contributed by atoms with Gasteiger partial charge in [0.2, 0.25) is 0 Å². The molecule has 0 aromatic carbocycles. The van der Waals surface area contributed by atoms with E-state index in [1.807, 2.05) is 5.32 Å². The molecule has 0 fully saturated rings. The number of hydrogen-bond acceptors (Lipinski definition) is 6. The Bertz CT molecular complexity index is 1240. The maximum Gasteiger partial charge on any atom is 0.433 e. The zero-order chi connectivity index (χ0) is 22.9. The SMILES string of the molecule is O=C(O)CNC(=O)c1c(O)c2cc(Cl)cnc2n(Cc2ccc(C(F)(F)F)nc2)c1=O. The molecule has 3 rings (SSSR count). The topological polar surface area (TPSA) is 134 Å². The average molecular weight is 457 g/mol. The number of nitrogens with zero attached hydrogens (tertiary/aromatic N) is 3. The number of carbonyl (C=O) groups excluding carboxylic acids is 1. The molecule has 9 nitrogen and oxygen atoms in total. The molecule has 0 saturated heterocycles. The number of amides is 1. The van der Waals surface area contributed by atoms with Gasteiger partial charge >= 0.3 is 12.1 Å². The fraction of sp³-hybridized carbons (Fsp3) is 0.167. The highest BCUT2D eigenvalue weighted by atomic mass is 35.5. The number of aromatic hydroxyl groups is 1. The number of nitrogens with one attached hydrogen (secondary N) is 1. The Hall–Kier alpha value is -3.67. The molecule has 0 aliphatic rings. The Morgan fingerprint density at radius 1 is 1.19 bits per heavy atom. The standard InChI is InChI=1S/C18H12ClF3N4O5/c19-9-3-10-14(29)13(16(30)25-6-12(27)28)17(31)26(15(10)24-5-9)7-8-1-2-11(23-4-8)18(20,21)22/h1-5,29H,6-7H2,(H,25,30)(H,27,28). The van der Waals surface area contributed by atoms with Crippen molar-refractivity contribution in [1.29, 1.82) is 0 Å². The summed E-state index contributed by atoms with van der Waals surface area (Å²) in [6.07, 6.45) is -2.56. The van der Waals surface area contributed by atoms with Crippen LogP contribution in [0.2, 0.25) is 5.02 Å². The summed E-state index contributed by atoms with van der Waals surface area (Å²) in [6.45, 7) is -1.15. The highest BCUT2D eigenvalue weighted by molar-refractivity contribution is 6.31. The first kappa shape index (κ1) is 22.0. The van der Waals surface area contributed by atoms with Crippen LogP contribution in [0.4, 0.5) is 13.2 Å². The molecule has 13 heteroatoms. The van der Waals surface area contributed by atoms with Crippen LogP contribution >= 0.6 is 11.6 Å². The van der Waals surface area contributed by atoms with Gasteiger partial charge in [-0.1, -0.05) is 17.7 Å². The summed E-state index contributed by atoms with van der Waals surface area (Å²) in [4.78, 5) is 43.3. The fourth-order valence-corrected chi connectivity index (χ4v) is 2.91. The van der Waals surface area contributed by atoms with Crippen molar-refractivity contribution in [1.82, 2.24) is 19.9 Å². The van der Waals surface area contributed by atoms with Crippen LogP contribution in [0.5, 0.6) is 5.75 Å². The molecule has 0 aliphatic carbocycles. The predicted octanol–water partition coefficient (Wildman–Crippen LogP) is 2.03. The van der Waals surface area contributed by atoms with Gasteiger partial charge < -0.3 is 15.5 Å². The Labute approximate surface area is 175 Å². The van der Waals surface area contributed by atoms with Gasteiger partial charge in [-0.25, -0.2) is 4.98 Å². The summed E-state index contributed by atoms with van der Waals surface area (Å²) < 4.78 is 39.1. The van der Waals surface area contributed by atoms with Gasteiger partial charge in [-0.05, 0) is 17.7 Å². The third-order valence-electron chi connectivity index (χ3n) is 4.12. The molecule has 0 unspecified atom stereocenters. The number of aliphatic carboxylic acids is 1. The molecule has 0 atom stereocenters. The van der Waals surface area contributed by atoms with Gasteiger partial charge in [-0.3, -0.25) is 23.9 Å². The molecule has 0 saturated carbocycles. The Balaban J connectivity index is 2.14. The fourth-order valence-electron chi connectivity index (χ4n) is 2.75. The number of rotatable bonds is 5. The van der Waals surface area contributed by atoms with Crippen LogP contribution in [-0.4, -0.2) is 43.2 Å². The summed E-state index contributed by atoms with van der Waals surface area (Å²) in [5.74, 6) is -3.31. The maximum atomic E-state index is 12.9. The molecular formula is C18H12ClF3N4O5. The highest BCUT2D eigenvalue weighted by Gasteiger charge is 2.32. The summed E-state index contributed by atoms with van der Waals surface area (Å²) in [6, 6.07) is 3.06. The smallest absolute Gasteiger partial charge is 0.433 e. The zero-order valence-corrected chi connectivity index (χ0v) is 16.0. The van der Waals surface area contributed by atoms with Crippen molar-refractivity contribution < 1.29 is 33.0 Å². The van der Waals surface area contributed by atoms with E-state index in [0.29, 0.717) is 0 Å². The average Bonchev–Trinajstić information content (AvgIpc) is 2.69. The van der Waals surface area contributed by atoms with Crippen LogP contribution in [0.3, 0.4) is 0 Å². The van der Waals surface area contributed by atoms with Crippen LogP contribution in [0.15, 0.2) is 35.4 Å². The van der Waals surface area contributed by atoms with Crippen LogP contribution in [-0.2, 0) is 17.5 Å². The molecule has 0 aliphatic heterocycles. The summed E-state index contributed by atoms with van der Waals surface area (Å²) >= 11 is 5.88. The van der Waals surface area contributed by atoms with Gasteiger partial charge in [0.1, 0.15) is 29.2 Å². The van der Waals surface area contributed by atoms with Gasteiger partial charge in [0, 0.05) is 12.4 Å². The van der Waals surface area contributed by atoms with Crippen molar-refractivity contribution in [3.8, 4) is 5.75 Å². The largest absolute Gasteiger partial charge is 0.506 e. The molecule has 31 heavy (non-hydrogen) atoms. The molecule has 0 radical (unpaired) electrons. The number of carbonyl (C=O) groups is 2. The van der Waals surface area contributed by atoms with E-state index in [1.165, 1.54) is 12.3 Å². The normalized spacial score (nSPS) is 11.5. The minimum absolute atomic E-state index is 0.0705. The van der Waals surface area contributed by atoms with E-state index in [-0.39, 0.29) is 28.2 Å². The molecule has 3 N–H and O–H groups in total. The molecule has 1 amide bonds. The number of halogens is 4. The number of carboxylic acids is 1. The van der Waals surface area contributed by atoms with E-state index in [0.717, 1.165) is 22.9 Å². The molecule has 3 aromatic rings. The first-order valence-electron chi connectivity index (χ1n) is 8.42. The summed E-state index contributed by atoms with van der Waals surface area (Å²) in [5.41, 5.74) is -2.85. The molecule has 3 heterocycles. The van der Waals surface area contributed by atoms with E-state index in [9.17, 15) is 32.7 Å². The lowest BCUT2D eigenvalue weighted by Gasteiger charge is -2.14. The van der Waals surface area contributed by atoms with Gasteiger partial charge in [0.15, 0.2) is 0 Å². The van der Waals surface area contributed by atoms with Gasteiger partial charge in [0.05, 0.1) is 17.0 Å². The minimum Gasteiger partial charge on any atom is -0.506 e. The first-order valence-corrected chi connectivity index (χ1v) is 8.80. The van der Waals surface area contributed by atoms with Crippen molar-refractivity contribution in [3.63, 3.8) is 0 Å². The number of pyridine rings is 3. The van der Waals surface area contributed by atoms with Crippen molar-refractivity contribution in [3.05, 3.63) is 62.8 Å². The van der Waals surface area contributed by atoms with E-state index in [1.54, 1.807) is 0 Å². The Morgan fingerprint density at radius 3 is 2.48 bits per heavy atom. The van der Waals surface area contributed by atoms with E-state index in [4.69, 9.17) is 16.7 Å². The maximum absolute atomic E-state index is 12.9. The number of hydrogen-bond donors (Lipinski definition) is 3. The second-order valence-corrected chi connectivity index (χ2v) is 6.70. The quantitative estimate of drug-likeness (QED) is 0.534. The summed E-state index contributed by atoms with van der Waals surface area (Å²) in [7, 11) is 0. The van der Waals surface area contributed by atoms with Crippen molar-refractivity contribution >= 4 is 34.5 Å². The van der Waals surface area contributed by atoms with Gasteiger partial charge in [0.25, 0.3) is 11.5 Å². The lowest BCUT2D eigenvalue weighted by Crippen LogP contribution is -2.36. The number of fused-ring (bicyclic) bond motifs is 1. The van der Waals surface area contributed by atoms with Gasteiger partial charge in [-0.15, -0.1) is 0 Å². The van der Waals surface area contributed by atoms with Crippen molar-refractivity contribution in [2.24, 2.45) is 0 Å². The van der Waals surface area contributed by atoms with E-state index in [2.05, 4.69) is 9.97 Å². The van der Waals surface area contributed by atoms with Crippen LogP contribution in [0.1, 0.15) is 21.6 Å². The third-order valence-corrected chi connectivity index (χ3v) is 4.33. The minimum atomic E-state index is -4.64. The van der Waals surface area contributed by atoms with Crippen molar-refractivity contribution in [2.75, 3.05) is 6.54 Å². The second-order valence-electron chi connectivity index (χ2n) is 6.27. The molecule has 0 bridgehead atoms. The molecular weight excluding hydrogens is 445 g/mol. The Morgan fingerprint density at radius 2 is 1.90 bits per heavy atom. The molecule has 162 valence electrons. The molecule has 3 aromatic heterocycles. The number of carboxylic acid groups (broad SMARTS) is 1. The third kappa shape index (κ3) is 4.58. The van der Waals surface area contributed by atoms with Crippen LogP contribution in [0, 0.1) is 0 Å². The van der Waals surface area contributed by atoms with Crippen LogP contribution < -0.4 is 10.9 Å². The predicted molar refractivity (Wildman–Crippen MR) is 101 cm³/mol. The Kier molecular flexibility index (Phi) is 5.84. The first-order chi connectivity index (χ1) is 14.5. The second kappa shape index (κ2) is 8.22. The zero-order valence-electron chi connectivity index (χ0n) is 15.3. The van der Waals surface area contributed by atoms with E-state index < -0.39 is 47.2 Å². The summed E-state index contributed by atoms with van der Waals surface area (Å²) in [5, 5.41) is 21.1. The van der Waals surface area contributed by atoms with E-state index >= 15 is 0 Å². The van der Waals surface area contributed by atoms with Gasteiger partial charge in [-0.2, -0.15) is 13.2 Å². The van der Waals surface area contributed by atoms with Crippen molar-refractivity contribution in [2.45, 2.75) is 12.7 Å².